The van der Waals surface area contributed by atoms with Crippen molar-refractivity contribution >= 4 is 9.84 Å². The number of nitrogens with one attached hydrogen (secondary N) is 1. The Morgan fingerprint density at radius 1 is 1.29 bits per heavy atom. The largest absolute Gasteiger partial charge is 0.311 e. The van der Waals surface area contributed by atoms with Crippen LogP contribution in [0.1, 0.15) is 53.9 Å². The third-order valence-electron chi connectivity index (χ3n) is 4.68. The van der Waals surface area contributed by atoms with Crippen molar-refractivity contribution in [3.05, 3.63) is 0 Å². The van der Waals surface area contributed by atoms with Crippen LogP contribution in [-0.2, 0) is 9.84 Å². The van der Waals surface area contributed by atoms with Crippen molar-refractivity contribution < 1.29 is 8.42 Å². The van der Waals surface area contributed by atoms with Crippen molar-refractivity contribution in [2.75, 3.05) is 31.1 Å². The van der Waals surface area contributed by atoms with Gasteiger partial charge in [0.1, 0.15) is 0 Å². The summed E-state index contributed by atoms with van der Waals surface area (Å²) in [6, 6.07) is 0.485. The van der Waals surface area contributed by atoms with Crippen molar-refractivity contribution in [2.45, 2.75) is 65.5 Å². The van der Waals surface area contributed by atoms with Gasteiger partial charge in [0, 0.05) is 37.0 Å². The van der Waals surface area contributed by atoms with Crippen molar-refractivity contribution in [3.8, 4) is 0 Å². The molecule has 0 aromatic carbocycles. The van der Waals surface area contributed by atoms with Gasteiger partial charge in [0.25, 0.3) is 0 Å². The zero-order valence-electron chi connectivity index (χ0n) is 14.5. The first-order valence-electron chi connectivity index (χ1n) is 8.41. The molecule has 5 heteroatoms. The summed E-state index contributed by atoms with van der Waals surface area (Å²) >= 11 is 0. The van der Waals surface area contributed by atoms with Gasteiger partial charge in [-0.25, -0.2) is 8.42 Å². The van der Waals surface area contributed by atoms with Gasteiger partial charge in [0.15, 0.2) is 9.84 Å². The summed E-state index contributed by atoms with van der Waals surface area (Å²) in [6.45, 7) is 13.4. The second kappa shape index (κ2) is 7.93. The fourth-order valence-electron chi connectivity index (χ4n) is 3.13. The number of sulfone groups is 1. The molecule has 0 amide bonds. The Labute approximate surface area is 131 Å². The van der Waals surface area contributed by atoms with E-state index in [2.05, 4.69) is 37.9 Å². The number of piperazine rings is 1. The van der Waals surface area contributed by atoms with Crippen LogP contribution in [0, 0.1) is 5.92 Å². The van der Waals surface area contributed by atoms with E-state index in [0.29, 0.717) is 36.4 Å². The first-order valence-corrected chi connectivity index (χ1v) is 10.2. The Balaban J connectivity index is 2.68. The molecule has 1 fully saturated rings. The highest BCUT2D eigenvalue weighted by molar-refractivity contribution is 7.91. The molecule has 1 aliphatic heterocycles. The topological polar surface area (TPSA) is 49.4 Å². The quantitative estimate of drug-likeness (QED) is 0.746. The second-order valence-electron chi connectivity index (χ2n) is 7.16. The van der Waals surface area contributed by atoms with E-state index in [1.165, 1.54) is 0 Å². The minimum absolute atomic E-state index is 0.0786. The highest BCUT2D eigenvalue weighted by atomic mass is 32.2. The third kappa shape index (κ3) is 5.87. The Bertz CT molecular complexity index is 409. The van der Waals surface area contributed by atoms with Gasteiger partial charge in [-0.05, 0) is 32.1 Å². The van der Waals surface area contributed by atoms with E-state index in [0.717, 1.165) is 25.9 Å². The number of rotatable bonds is 8. The molecule has 0 aliphatic carbocycles. The number of nitrogens with zero attached hydrogens (tertiary/aromatic N) is 1. The molecule has 0 spiro atoms. The van der Waals surface area contributed by atoms with Crippen molar-refractivity contribution in [1.82, 2.24) is 10.2 Å². The molecule has 0 saturated carbocycles. The van der Waals surface area contributed by atoms with E-state index in [-0.39, 0.29) is 5.54 Å². The van der Waals surface area contributed by atoms with Gasteiger partial charge >= 0.3 is 0 Å². The Morgan fingerprint density at radius 2 is 1.95 bits per heavy atom. The number of hydrogen-bond donors (Lipinski definition) is 1. The van der Waals surface area contributed by atoms with E-state index in [1.54, 1.807) is 0 Å². The molecular formula is C16H34N2O2S. The molecule has 1 saturated heterocycles. The summed E-state index contributed by atoms with van der Waals surface area (Å²) in [5, 5.41) is 3.65. The van der Waals surface area contributed by atoms with Gasteiger partial charge in [-0.15, -0.1) is 0 Å². The summed E-state index contributed by atoms with van der Waals surface area (Å²) in [4.78, 5) is 2.41. The first kappa shape index (κ1) is 18.9. The van der Waals surface area contributed by atoms with E-state index in [4.69, 9.17) is 0 Å². The fourth-order valence-corrected chi connectivity index (χ4v) is 4.45. The molecule has 2 unspecified atom stereocenters. The summed E-state index contributed by atoms with van der Waals surface area (Å²) in [5.41, 5.74) is 0.0786. The summed E-state index contributed by atoms with van der Waals surface area (Å²) in [5.74, 6) is 1.28. The molecule has 1 N–H and O–H groups in total. The summed E-state index contributed by atoms with van der Waals surface area (Å²) < 4.78 is 24.0. The van der Waals surface area contributed by atoms with Crippen molar-refractivity contribution in [1.29, 1.82) is 0 Å². The van der Waals surface area contributed by atoms with Gasteiger partial charge in [0.05, 0.1) is 5.75 Å². The molecule has 0 aromatic heterocycles. The molecule has 2 atom stereocenters. The van der Waals surface area contributed by atoms with Gasteiger partial charge in [0.2, 0.25) is 0 Å². The normalized spacial score (nSPS) is 28.2. The predicted molar refractivity (Wildman–Crippen MR) is 90.5 cm³/mol. The molecule has 21 heavy (non-hydrogen) atoms. The lowest BCUT2D eigenvalue weighted by Gasteiger charge is -2.48. The molecule has 0 bridgehead atoms. The maximum absolute atomic E-state index is 12.0. The monoisotopic (exact) mass is 318 g/mol. The standard InChI is InChI=1S/C16H34N2O2S/c1-6-9-21(19,20)10-8-18-12-15(11-14(3)4)17-13-16(18,5)7-2/h14-15,17H,6-13H2,1-5H3. The molecule has 126 valence electrons. The maximum atomic E-state index is 12.0. The molecule has 1 heterocycles. The predicted octanol–water partition coefficient (Wildman–Crippen LogP) is 2.30. The van der Waals surface area contributed by atoms with E-state index in [1.807, 2.05) is 6.92 Å². The maximum Gasteiger partial charge on any atom is 0.151 e. The Hall–Kier alpha value is -0.130. The van der Waals surface area contributed by atoms with Crippen LogP contribution in [0.4, 0.5) is 0 Å². The fraction of sp³-hybridized carbons (Fsp3) is 1.00. The smallest absolute Gasteiger partial charge is 0.151 e. The zero-order valence-corrected chi connectivity index (χ0v) is 15.3. The van der Waals surface area contributed by atoms with Crippen molar-refractivity contribution in [2.24, 2.45) is 5.92 Å². The highest BCUT2D eigenvalue weighted by Gasteiger charge is 2.36. The van der Waals surface area contributed by atoms with Crippen LogP contribution in [0.25, 0.3) is 0 Å². The number of hydrogen-bond acceptors (Lipinski definition) is 4. The SMILES string of the molecule is CCCS(=O)(=O)CCN1CC(CC(C)C)NCC1(C)CC. The molecule has 0 aromatic rings. The lowest BCUT2D eigenvalue weighted by atomic mass is 9.90. The van der Waals surface area contributed by atoms with E-state index >= 15 is 0 Å². The summed E-state index contributed by atoms with van der Waals surface area (Å²) in [6.07, 6.45) is 2.91. The Morgan fingerprint density at radius 3 is 2.48 bits per heavy atom. The molecule has 4 nitrogen and oxygen atoms in total. The van der Waals surface area contributed by atoms with Crippen LogP contribution >= 0.6 is 0 Å². The van der Waals surface area contributed by atoms with Crippen LogP contribution in [0.3, 0.4) is 0 Å². The average Bonchev–Trinajstić information content (AvgIpc) is 2.39. The van der Waals surface area contributed by atoms with Crippen LogP contribution in [0.2, 0.25) is 0 Å². The molecule has 1 aliphatic rings. The van der Waals surface area contributed by atoms with Crippen LogP contribution in [0.5, 0.6) is 0 Å². The van der Waals surface area contributed by atoms with E-state index < -0.39 is 9.84 Å². The molecule has 1 rings (SSSR count). The minimum atomic E-state index is -2.89. The zero-order chi connectivity index (χ0) is 16.1. The van der Waals surface area contributed by atoms with Crippen LogP contribution in [-0.4, -0.2) is 56.0 Å². The van der Waals surface area contributed by atoms with Gasteiger partial charge in [-0.1, -0.05) is 27.7 Å². The Kier molecular flexibility index (Phi) is 7.14. The van der Waals surface area contributed by atoms with Gasteiger partial charge < -0.3 is 5.32 Å². The minimum Gasteiger partial charge on any atom is -0.311 e. The first-order chi connectivity index (χ1) is 9.72. The van der Waals surface area contributed by atoms with Crippen LogP contribution in [0.15, 0.2) is 0 Å². The van der Waals surface area contributed by atoms with Gasteiger partial charge in [-0.2, -0.15) is 0 Å². The lowest BCUT2D eigenvalue weighted by molar-refractivity contribution is 0.0502. The lowest BCUT2D eigenvalue weighted by Crippen LogP contribution is -2.63. The van der Waals surface area contributed by atoms with Gasteiger partial charge in [-0.3, -0.25) is 4.90 Å². The second-order valence-corrected chi connectivity index (χ2v) is 9.46. The van der Waals surface area contributed by atoms with Crippen LogP contribution < -0.4 is 5.32 Å². The van der Waals surface area contributed by atoms with E-state index in [9.17, 15) is 8.42 Å². The molecule has 0 radical (unpaired) electrons. The molecular weight excluding hydrogens is 284 g/mol. The summed E-state index contributed by atoms with van der Waals surface area (Å²) in [7, 11) is -2.89. The highest BCUT2D eigenvalue weighted by Crippen LogP contribution is 2.24. The average molecular weight is 319 g/mol. The third-order valence-corrected chi connectivity index (χ3v) is 6.52. The van der Waals surface area contributed by atoms with Crippen molar-refractivity contribution in [3.63, 3.8) is 0 Å².